The number of hydrogen-bond acceptors (Lipinski definition) is 2. The number of hydrogen-bond donors (Lipinski definition) is 1. The number of nitrogens with zero attached hydrogens (tertiary/aromatic N) is 3. The molecule has 0 saturated heterocycles. The highest BCUT2D eigenvalue weighted by Gasteiger charge is 2.18. The molecule has 0 fully saturated rings. The van der Waals surface area contributed by atoms with Crippen molar-refractivity contribution in [3.8, 4) is 5.69 Å². The van der Waals surface area contributed by atoms with E-state index in [9.17, 15) is 9.90 Å². The van der Waals surface area contributed by atoms with Crippen LogP contribution in [0.15, 0.2) is 54.6 Å². The molecule has 0 aliphatic carbocycles. The highest BCUT2D eigenvalue weighted by molar-refractivity contribution is 6.31. The Morgan fingerprint density at radius 1 is 1.17 bits per heavy atom. The summed E-state index contributed by atoms with van der Waals surface area (Å²) in [5, 5.41) is 18.3. The first kappa shape index (κ1) is 19.3. The molecule has 0 spiro atoms. The van der Waals surface area contributed by atoms with Crippen LogP contribution in [0.5, 0.6) is 0 Å². The van der Waals surface area contributed by atoms with Gasteiger partial charge in [-0.15, -0.1) is 0 Å². The fourth-order valence-electron chi connectivity index (χ4n) is 3.71. The molecule has 1 aromatic heterocycles. The number of fused-ring (bicyclic) bond motifs is 3. The summed E-state index contributed by atoms with van der Waals surface area (Å²) in [7, 11) is 0. The van der Waals surface area contributed by atoms with E-state index in [1.807, 2.05) is 54.9 Å². The normalized spacial score (nSPS) is 11.3. The second-order valence-corrected chi connectivity index (χ2v) is 7.49. The van der Waals surface area contributed by atoms with Crippen LogP contribution in [0.3, 0.4) is 0 Å². The molecule has 0 aliphatic rings. The van der Waals surface area contributed by atoms with Gasteiger partial charge in [0.2, 0.25) is 0 Å². The molecule has 1 N–H and O–H groups in total. The van der Waals surface area contributed by atoms with Crippen molar-refractivity contribution in [2.45, 2.75) is 20.3 Å². The number of carboxylic acid groups (broad SMARTS) is 1. The summed E-state index contributed by atoms with van der Waals surface area (Å²) in [6.07, 6.45) is -0.359. The van der Waals surface area contributed by atoms with Crippen LogP contribution in [-0.4, -0.2) is 39.0 Å². The summed E-state index contributed by atoms with van der Waals surface area (Å²) < 4.78 is 1.90. The third-order valence-corrected chi connectivity index (χ3v) is 5.74. The van der Waals surface area contributed by atoms with Crippen LogP contribution in [0, 0.1) is 6.92 Å². The summed E-state index contributed by atoms with van der Waals surface area (Å²) in [6.45, 7) is 4.65. The minimum absolute atomic E-state index is 0.398. The van der Waals surface area contributed by atoms with Crippen molar-refractivity contribution < 1.29 is 9.90 Å². The van der Waals surface area contributed by atoms with Gasteiger partial charge in [-0.2, -0.15) is 5.10 Å². The van der Waals surface area contributed by atoms with E-state index in [2.05, 4.69) is 18.2 Å². The number of carbonyl (C=O) groups is 1. The lowest BCUT2D eigenvalue weighted by molar-refractivity contribution is 0.148. The van der Waals surface area contributed by atoms with Crippen molar-refractivity contribution in [3.05, 3.63) is 70.9 Å². The number of amides is 1. The van der Waals surface area contributed by atoms with Gasteiger partial charge < -0.3 is 10.0 Å². The zero-order valence-corrected chi connectivity index (χ0v) is 17.1. The van der Waals surface area contributed by atoms with Gasteiger partial charge in [0.1, 0.15) is 0 Å². The lowest BCUT2D eigenvalue weighted by Gasteiger charge is -2.17. The molecule has 1 heterocycles. The van der Waals surface area contributed by atoms with Crippen molar-refractivity contribution in [1.82, 2.24) is 14.7 Å². The van der Waals surface area contributed by atoms with E-state index in [0.717, 1.165) is 38.6 Å². The standard InChI is InChI=1S/C23H22ClN3O2/c1-3-26(23(28)29)13-12-21-22-18-7-5-4-6-16(18)9-11-20(22)25-27(21)17-10-8-15(2)19(24)14-17/h4-11,14H,3,12-13H2,1-2H3,(H,28,29). The molecule has 6 heteroatoms. The molecular weight excluding hydrogens is 386 g/mol. The van der Waals surface area contributed by atoms with Crippen LogP contribution in [0.2, 0.25) is 5.02 Å². The van der Waals surface area contributed by atoms with Crippen LogP contribution in [0.25, 0.3) is 27.4 Å². The van der Waals surface area contributed by atoms with Crippen molar-refractivity contribution >= 4 is 39.4 Å². The van der Waals surface area contributed by atoms with Gasteiger partial charge in [0.25, 0.3) is 0 Å². The highest BCUT2D eigenvalue weighted by atomic mass is 35.5. The van der Waals surface area contributed by atoms with E-state index >= 15 is 0 Å². The molecule has 0 saturated carbocycles. The lowest BCUT2D eigenvalue weighted by Crippen LogP contribution is -2.31. The van der Waals surface area contributed by atoms with E-state index in [4.69, 9.17) is 16.7 Å². The summed E-state index contributed by atoms with van der Waals surface area (Å²) >= 11 is 6.37. The second kappa shape index (κ2) is 7.76. The Labute approximate surface area is 174 Å². The number of halogens is 1. The molecule has 1 amide bonds. The van der Waals surface area contributed by atoms with Crippen LogP contribution in [-0.2, 0) is 6.42 Å². The van der Waals surface area contributed by atoms with Gasteiger partial charge >= 0.3 is 6.09 Å². The van der Waals surface area contributed by atoms with E-state index in [1.165, 1.54) is 4.90 Å². The molecule has 148 valence electrons. The lowest BCUT2D eigenvalue weighted by atomic mass is 10.0. The van der Waals surface area contributed by atoms with E-state index in [1.54, 1.807) is 0 Å². The van der Waals surface area contributed by atoms with Crippen LogP contribution in [0.4, 0.5) is 4.79 Å². The summed E-state index contributed by atoms with van der Waals surface area (Å²) in [5.41, 5.74) is 3.74. The highest BCUT2D eigenvalue weighted by Crippen LogP contribution is 2.31. The Morgan fingerprint density at radius 3 is 2.69 bits per heavy atom. The quantitative estimate of drug-likeness (QED) is 0.462. The van der Waals surface area contributed by atoms with Crippen molar-refractivity contribution in [2.24, 2.45) is 0 Å². The van der Waals surface area contributed by atoms with E-state index in [0.29, 0.717) is 24.5 Å². The molecule has 5 nitrogen and oxygen atoms in total. The molecule has 4 aromatic rings. The van der Waals surface area contributed by atoms with Gasteiger partial charge in [0, 0.05) is 29.9 Å². The van der Waals surface area contributed by atoms with Gasteiger partial charge in [0.05, 0.1) is 16.9 Å². The monoisotopic (exact) mass is 407 g/mol. The average molecular weight is 408 g/mol. The molecule has 29 heavy (non-hydrogen) atoms. The molecule has 0 radical (unpaired) electrons. The molecule has 0 bridgehead atoms. The zero-order valence-electron chi connectivity index (χ0n) is 16.4. The van der Waals surface area contributed by atoms with Gasteiger partial charge in [0.15, 0.2) is 0 Å². The van der Waals surface area contributed by atoms with Crippen LogP contribution >= 0.6 is 11.6 Å². The molecule has 0 aliphatic heterocycles. The number of benzene rings is 3. The first-order valence-electron chi connectivity index (χ1n) is 9.63. The zero-order chi connectivity index (χ0) is 20.5. The third kappa shape index (κ3) is 3.54. The first-order chi connectivity index (χ1) is 14.0. The van der Waals surface area contributed by atoms with Crippen molar-refractivity contribution in [1.29, 1.82) is 0 Å². The largest absolute Gasteiger partial charge is 0.465 e. The van der Waals surface area contributed by atoms with Gasteiger partial charge in [-0.1, -0.05) is 48.0 Å². The Hall–Kier alpha value is -3.05. The van der Waals surface area contributed by atoms with Gasteiger partial charge in [-0.05, 0) is 48.4 Å². The van der Waals surface area contributed by atoms with E-state index in [-0.39, 0.29) is 0 Å². The Kier molecular flexibility index (Phi) is 5.16. The molecular formula is C23H22ClN3O2. The number of likely N-dealkylation sites (N-methyl/N-ethyl adjacent to an activating group) is 1. The van der Waals surface area contributed by atoms with Crippen LogP contribution in [0.1, 0.15) is 18.2 Å². The maximum atomic E-state index is 11.5. The topological polar surface area (TPSA) is 58.4 Å². The summed E-state index contributed by atoms with van der Waals surface area (Å²) in [6, 6.07) is 18.2. The van der Waals surface area contributed by atoms with Crippen molar-refractivity contribution in [3.63, 3.8) is 0 Å². The summed E-state index contributed by atoms with van der Waals surface area (Å²) in [5.74, 6) is 0. The van der Waals surface area contributed by atoms with Gasteiger partial charge in [-0.25, -0.2) is 9.48 Å². The minimum atomic E-state index is -0.911. The SMILES string of the molecule is CCN(CCc1c2c(ccc3ccccc32)nn1-c1ccc(C)c(Cl)c1)C(=O)O. The molecule has 0 atom stereocenters. The molecule has 0 unspecified atom stereocenters. The molecule has 4 rings (SSSR count). The van der Waals surface area contributed by atoms with Crippen molar-refractivity contribution in [2.75, 3.05) is 13.1 Å². The van der Waals surface area contributed by atoms with Crippen LogP contribution < -0.4 is 0 Å². The Balaban J connectivity index is 1.93. The second-order valence-electron chi connectivity index (χ2n) is 7.09. The van der Waals surface area contributed by atoms with E-state index < -0.39 is 6.09 Å². The molecule has 3 aromatic carbocycles. The average Bonchev–Trinajstić information content (AvgIpc) is 3.09. The third-order valence-electron chi connectivity index (χ3n) is 5.33. The maximum absolute atomic E-state index is 11.5. The first-order valence-corrected chi connectivity index (χ1v) is 10.0. The predicted octanol–water partition coefficient (Wildman–Crippen LogP) is 5.68. The number of aromatic nitrogens is 2. The predicted molar refractivity (Wildman–Crippen MR) is 117 cm³/mol. The number of rotatable bonds is 5. The number of aryl methyl sites for hydroxylation is 1. The summed E-state index contributed by atoms with van der Waals surface area (Å²) in [4.78, 5) is 12.9. The Bertz CT molecular complexity index is 1220. The Morgan fingerprint density at radius 2 is 1.97 bits per heavy atom. The maximum Gasteiger partial charge on any atom is 0.407 e. The fraction of sp³-hybridized carbons (Fsp3) is 0.217. The van der Waals surface area contributed by atoms with Gasteiger partial charge in [-0.3, -0.25) is 0 Å². The minimum Gasteiger partial charge on any atom is -0.465 e. The smallest absolute Gasteiger partial charge is 0.407 e. The fourth-order valence-corrected chi connectivity index (χ4v) is 3.88.